The number of benzene rings is 1. The Hall–Kier alpha value is -1.26. The van der Waals surface area contributed by atoms with Crippen LogP contribution in [0.4, 0.5) is 8.78 Å². The molecule has 1 aliphatic rings. The van der Waals surface area contributed by atoms with Gasteiger partial charge in [0.1, 0.15) is 17.7 Å². The molecule has 2 aromatic rings. The van der Waals surface area contributed by atoms with Crippen LogP contribution in [-0.2, 0) is 12.8 Å². The van der Waals surface area contributed by atoms with Gasteiger partial charge in [0.05, 0.1) is 5.56 Å². The maximum Gasteiger partial charge on any atom is 0.132 e. The number of thiophene rings is 1. The number of hydrogen-bond acceptors (Lipinski definition) is 2. The van der Waals surface area contributed by atoms with Gasteiger partial charge in [-0.1, -0.05) is 12.5 Å². The Morgan fingerprint density at radius 1 is 1.05 bits per heavy atom. The van der Waals surface area contributed by atoms with Gasteiger partial charge in [0, 0.05) is 9.75 Å². The normalized spacial score (nSPS) is 16.6. The lowest BCUT2D eigenvalue weighted by Crippen LogP contribution is -2.04. The van der Waals surface area contributed by atoms with Crippen LogP contribution in [-0.4, -0.2) is 5.11 Å². The van der Waals surface area contributed by atoms with E-state index in [4.69, 9.17) is 0 Å². The summed E-state index contributed by atoms with van der Waals surface area (Å²) in [6, 6.07) is 5.59. The van der Waals surface area contributed by atoms with Crippen LogP contribution in [0.1, 0.15) is 46.2 Å². The molecule has 4 heteroatoms. The highest BCUT2D eigenvalue weighted by Crippen LogP contribution is 2.36. The number of aliphatic hydroxyl groups is 1. The van der Waals surface area contributed by atoms with Crippen molar-refractivity contribution in [1.29, 1.82) is 0 Å². The van der Waals surface area contributed by atoms with Crippen molar-refractivity contribution in [2.24, 2.45) is 0 Å². The zero-order chi connectivity index (χ0) is 14.1. The van der Waals surface area contributed by atoms with Crippen LogP contribution in [0, 0.1) is 11.6 Å². The first-order valence-electron chi connectivity index (χ1n) is 6.90. The number of halogens is 2. The van der Waals surface area contributed by atoms with Crippen LogP contribution in [0.2, 0.25) is 0 Å². The molecule has 106 valence electrons. The van der Waals surface area contributed by atoms with Gasteiger partial charge < -0.3 is 5.11 Å². The molecule has 0 radical (unpaired) electrons. The number of rotatable bonds is 2. The van der Waals surface area contributed by atoms with E-state index in [-0.39, 0.29) is 5.56 Å². The zero-order valence-corrected chi connectivity index (χ0v) is 11.9. The third kappa shape index (κ3) is 2.50. The molecule has 1 N–H and O–H groups in total. The lowest BCUT2D eigenvalue weighted by molar-refractivity contribution is 0.212. The van der Waals surface area contributed by atoms with Gasteiger partial charge in [0.2, 0.25) is 0 Å². The third-order valence-electron chi connectivity index (χ3n) is 3.81. The highest BCUT2D eigenvalue weighted by molar-refractivity contribution is 7.12. The third-order valence-corrected chi connectivity index (χ3v) is 5.10. The van der Waals surface area contributed by atoms with Crippen molar-refractivity contribution in [3.63, 3.8) is 0 Å². The van der Waals surface area contributed by atoms with Crippen LogP contribution in [0.5, 0.6) is 0 Å². The van der Waals surface area contributed by atoms with Gasteiger partial charge in [0.15, 0.2) is 0 Å². The Labute approximate surface area is 120 Å². The molecule has 0 bridgehead atoms. The maximum atomic E-state index is 13.7. The highest BCUT2D eigenvalue weighted by Gasteiger charge is 2.23. The van der Waals surface area contributed by atoms with Gasteiger partial charge >= 0.3 is 0 Å². The monoisotopic (exact) mass is 294 g/mol. The van der Waals surface area contributed by atoms with Crippen molar-refractivity contribution in [2.45, 2.75) is 38.2 Å². The maximum absolute atomic E-state index is 13.7. The van der Waals surface area contributed by atoms with Gasteiger partial charge in [0.25, 0.3) is 0 Å². The molecule has 1 heterocycles. The van der Waals surface area contributed by atoms with E-state index < -0.39 is 17.7 Å². The number of aryl methyl sites for hydroxylation is 2. The van der Waals surface area contributed by atoms with E-state index in [2.05, 4.69) is 0 Å². The summed E-state index contributed by atoms with van der Waals surface area (Å²) >= 11 is 1.49. The lowest BCUT2D eigenvalue weighted by atomic mass is 10.0. The number of aliphatic hydroxyl groups excluding tert-OH is 1. The first-order valence-corrected chi connectivity index (χ1v) is 7.72. The summed E-state index contributed by atoms with van der Waals surface area (Å²) in [4.78, 5) is 1.90. The molecule has 1 atom stereocenters. The SMILES string of the molecule is OC(c1cc2c(s1)CCCCC2)c1c(F)cccc1F. The van der Waals surface area contributed by atoms with Crippen LogP contribution < -0.4 is 0 Å². The quantitative estimate of drug-likeness (QED) is 0.815. The molecule has 1 unspecified atom stereocenters. The Morgan fingerprint density at radius 2 is 1.75 bits per heavy atom. The van der Waals surface area contributed by atoms with E-state index in [1.807, 2.05) is 6.07 Å². The highest BCUT2D eigenvalue weighted by atomic mass is 32.1. The number of hydrogen-bond donors (Lipinski definition) is 1. The van der Waals surface area contributed by atoms with Crippen molar-refractivity contribution in [3.05, 3.63) is 56.8 Å². The Kier molecular flexibility index (Phi) is 3.85. The standard InChI is InChI=1S/C16H16F2OS/c17-11-6-4-7-12(18)15(11)16(19)14-9-10-5-2-1-3-8-13(10)20-14/h4,6-7,9,16,19H,1-3,5,8H2. The van der Waals surface area contributed by atoms with Crippen molar-refractivity contribution >= 4 is 11.3 Å². The topological polar surface area (TPSA) is 20.2 Å². The predicted molar refractivity (Wildman–Crippen MR) is 76.0 cm³/mol. The Morgan fingerprint density at radius 3 is 2.50 bits per heavy atom. The molecule has 3 rings (SSSR count). The lowest BCUT2D eigenvalue weighted by Gasteiger charge is -2.11. The fourth-order valence-corrected chi connectivity index (χ4v) is 3.99. The Bertz CT molecular complexity index is 577. The van der Waals surface area contributed by atoms with Gasteiger partial charge in [-0.15, -0.1) is 11.3 Å². The summed E-state index contributed by atoms with van der Waals surface area (Å²) < 4.78 is 27.5. The summed E-state index contributed by atoms with van der Waals surface area (Å²) in [5, 5.41) is 10.3. The van der Waals surface area contributed by atoms with Gasteiger partial charge in [-0.2, -0.15) is 0 Å². The molecule has 0 spiro atoms. The largest absolute Gasteiger partial charge is 0.383 e. The minimum Gasteiger partial charge on any atom is -0.383 e. The van der Waals surface area contributed by atoms with E-state index in [1.54, 1.807) is 0 Å². The predicted octanol–water partition coefficient (Wildman–Crippen LogP) is 4.38. The molecule has 1 aromatic heterocycles. The second-order valence-corrected chi connectivity index (χ2v) is 6.36. The van der Waals surface area contributed by atoms with Crippen molar-refractivity contribution < 1.29 is 13.9 Å². The average molecular weight is 294 g/mol. The van der Waals surface area contributed by atoms with Crippen molar-refractivity contribution in [2.75, 3.05) is 0 Å². The van der Waals surface area contributed by atoms with E-state index in [0.29, 0.717) is 4.88 Å². The molecule has 1 nitrogen and oxygen atoms in total. The first kappa shape index (κ1) is 13.7. The van der Waals surface area contributed by atoms with Crippen molar-refractivity contribution in [3.8, 4) is 0 Å². The van der Waals surface area contributed by atoms with Crippen LogP contribution in [0.25, 0.3) is 0 Å². The molecule has 0 saturated heterocycles. The summed E-state index contributed by atoms with van der Waals surface area (Å²) in [6.07, 6.45) is 4.31. The smallest absolute Gasteiger partial charge is 0.132 e. The number of fused-ring (bicyclic) bond motifs is 1. The molecule has 0 amide bonds. The second-order valence-electron chi connectivity index (χ2n) is 5.20. The minimum absolute atomic E-state index is 0.246. The average Bonchev–Trinajstić information content (AvgIpc) is 2.70. The zero-order valence-electron chi connectivity index (χ0n) is 11.0. The fourth-order valence-electron chi connectivity index (χ4n) is 2.74. The van der Waals surface area contributed by atoms with Gasteiger partial charge in [-0.3, -0.25) is 0 Å². The molecular weight excluding hydrogens is 278 g/mol. The molecule has 0 fully saturated rings. The van der Waals surface area contributed by atoms with Crippen LogP contribution >= 0.6 is 11.3 Å². The fraction of sp³-hybridized carbons (Fsp3) is 0.375. The van der Waals surface area contributed by atoms with Crippen LogP contribution in [0.15, 0.2) is 24.3 Å². The summed E-state index contributed by atoms with van der Waals surface area (Å²) in [7, 11) is 0. The summed E-state index contributed by atoms with van der Waals surface area (Å²) in [6.45, 7) is 0. The first-order chi connectivity index (χ1) is 9.66. The van der Waals surface area contributed by atoms with E-state index in [9.17, 15) is 13.9 Å². The summed E-state index contributed by atoms with van der Waals surface area (Å²) in [5.74, 6) is -1.39. The molecule has 20 heavy (non-hydrogen) atoms. The van der Waals surface area contributed by atoms with E-state index in [0.717, 1.165) is 25.7 Å². The molecular formula is C16H16F2OS. The summed E-state index contributed by atoms with van der Waals surface area (Å²) in [5.41, 5.74) is 0.988. The van der Waals surface area contributed by atoms with E-state index in [1.165, 1.54) is 46.4 Å². The second kappa shape index (κ2) is 5.62. The van der Waals surface area contributed by atoms with Crippen LogP contribution in [0.3, 0.4) is 0 Å². The molecule has 1 aromatic carbocycles. The molecule has 0 aliphatic heterocycles. The minimum atomic E-state index is -1.21. The van der Waals surface area contributed by atoms with Gasteiger partial charge in [-0.25, -0.2) is 8.78 Å². The molecule has 1 aliphatic carbocycles. The van der Waals surface area contributed by atoms with Gasteiger partial charge in [-0.05, 0) is 49.4 Å². The molecule has 0 saturated carbocycles. The Balaban J connectivity index is 1.97. The van der Waals surface area contributed by atoms with Crippen molar-refractivity contribution in [1.82, 2.24) is 0 Å². The van der Waals surface area contributed by atoms with E-state index >= 15 is 0 Å².